The number of pyridine rings is 1. The first kappa shape index (κ1) is 14.3. The fourth-order valence-electron chi connectivity index (χ4n) is 2.38. The Morgan fingerprint density at radius 3 is 2.76 bits per heavy atom. The van der Waals surface area contributed by atoms with Crippen LogP contribution in [0.1, 0.15) is 16.3 Å². The zero-order chi connectivity index (χ0) is 14.8. The van der Waals surface area contributed by atoms with Crippen LogP contribution in [-0.4, -0.2) is 17.0 Å². The van der Waals surface area contributed by atoms with Gasteiger partial charge in [-0.3, -0.25) is 0 Å². The van der Waals surface area contributed by atoms with Crippen LogP contribution in [-0.2, 0) is 12.4 Å². The Morgan fingerprint density at radius 2 is 2.05 bits per heavy atom. The van der Waals surface area contributed by atoms with Crippen molar-refractivity contribution >= 4 is 39.7 Å². The van der Waals surface area contributed by atoms with Gasteiger partial charge in [0.05, 0.1) is 28.6 Å². The van der Waals surface area contributed by atoms with E-state index in [1.165, 1.54) is 0 Å². The number of aromatic nitrogens is 2. The van der Waals surface area contributed by atoms with E-state index in [1.54, 1.807) is 11.3 Å². The number of anilines is 1. The zero-order valence-corrected chi connectivity index (χ0v) is 13.6. The minimum Gasteiger partial charge on any atom is -0.353 e. The van der Waals surface area contributed by atoms with Gasteiger partial charge in [-0.2, -0.15) is 0 Å². The molecule has 0 aliphatic heterocycles. The van der Waals surface area contributed by atoms with Crippen LogP contribution in [0.2, 0.25) is 0 Å². The lowest BCUT2D eigenvalue weighted by molar-refractivity contribution is 0.867. The van der Waals surface area contributed by atoms with E-state index in [2.05, 4.69) is 27.4 Å². The van der Waals surface area contributed by atoms with Crippen molar-refractivity contribution in [2.24, 2.45) is 0 Å². The smallest absolute Gasteiger partial charge is 0.133 e. The second kappa shape index (κ2) is 6.00. The number of hydrogen-bond acceptors (Lipinski definition) is 4. The summed E-state index contributed by atoms with van der Waals surface area (Å²) < 4.78 is 0. The Hall–Kier alpha value is -1.65. The van der Waals surface area contributed by atoms with E-state index in [0.29, 0.717) is 5.88 Å². The quantitative estimate of drug-likeness (QED) is 0.669. The maximum absolute atomic E-state index is 6.10. The number of aryl methyl sites for hydroxylation is 1. The van der Waals surface area contributed by atoms with Gasteiger partial charge in [-0.05, 0) is 19.1 Å². The van der Waals surface area contributed by atoms with Gasteiger partial charge in [-0.25, -0.2) is 9.97 Å². The van der Waals surface area contributed by atoms with Gasteiger partial charge >= 0.3 is 0 Å². The largest absolute Gasteiger partial charge is 0.353 e. The lowest BCUT2D eigenvalue weighted by atomic mass is 10.1. The fraction of sp³-hybridized carbons (Fsp3) is 0.250. The third-order valence-electron chi connectivity index (χ3n) is 3.35. The molecule has 108 valence electrons. The van der Waals surface area contributed by atoms with E-state index in [1.807, 2.05) is 32.2 Å². The van der Waals surface area contributed by atoms with Gasteiger partial charge in [0, 0.05) is 23.4 Å². The number of halogens is 1. The summed E-state index contributed by atoms with van der Waals surface area (Å²) in [5.74, 6) is 1.38. The number of benzene rings is 1. The lowest BCUT2D eigenvalue weighted by Crippen LogP contribution is -2.19. The summed E-state index contributed by atoms with van der Waals surface area (Å²) in [5, 5.41) is 4.30. The molecule has 0 bridgehead atoms. The molecule has 0 unspecified atom stereocenters. The molecule has 0 N–H and O–H groups in total. The monoisotopic (exact) mass is 317 g/mol. The van der Waals surface area contributed by atoms with E-state index < -0.39 is 0 Å². The van der Waals surface area contributed by atoms with Crippen molar-refractivity contribution in [2.75, 3.05) is 11.9 Å². The summed E-state index contributed by atoms with van der Waals surface area (Å²) in [6.45, 7) is 2.76. The zero-order valence-electron chi connectivity index (χ0n) is 12.0. The molecule has 0 aliphatic carbocycles. The molecule has 0 fully saturated rings. The first-order valence-corrected chi connectivity index (χ1v) is 8.15. The number of alkyl halides is 1. The summed E-state index contributed by atoms with van der Waals surface area (Å²) in [6, 6.07) is 10.2. The molecule has 21 heavy (non-hydrogen) atoms. The summed E-state index contributed by atoms with van der Waals surface area (Å²) in [5.41, 5.74) is 3.10. The lowest BCUT2D eigenvalue weighted by Gasteiger charge is -2.20. The van der Waals surface area contributed by atoms with Crippen LogP contribution >= 0.6 is 22.9 Å². The van der Waals surface area contributed by atoms with Gasteiger partial charge in [-0.1, -0.05) is 18.2 Å². The third kappa shape index (κ3) is 3.01. The van der Waals surface area contributed by atoms with Crippen molar-refractivity contribution in [3.05, 3.63) is 52.0 Å². The number of fused-ring (bicyclic) bond motifs is 1. The summed E-state index contributed by atoms with van der Waals surface area (Å²) in [7, 11) is 2.03. The van der Waals surface area contributed by atoms with Crippen LogP contribution in [0.5, 0.6) is 0 Å². The highest BCUT2D eigenvalue weighted by atomic mass is 35.5. The summed E-state index contributed by atoms with van der Waals surface area (Å²) >= 11 is 7.77. The van der Waals surface area contributed by atoms with Crippen molar-refractivity contribution in [3.63, 3.8) is 0 Å². The molecule has 2 aromatic heterocycles. The second-order valence-corrected chi connectivity index (χ2v) is 6.34. The summed E-state index contributed by atoms with van der Waals surface area (Å²) in [6.07, 6.45) is 0. The first-order chi connectivity index (χ1) is 10.2. The molecule has 1 aromatic carbocycles. The Balaban J connectivity index is 1.97. The number of thiazole rings is 1. The van der Waals surface area contributed by atoms with E-state index in [9.17, 15) is 0 Å². The molecule has 0 aliphatic rings. The van der Waals surface area contributed by atoms with E-state index >= 15 is 0 Å². The maximum atomic E-state index is 6.10. The van der Waals surface area contributed by atoms with Crippen molar-refractivity contribution in [1.82, 2.24) is 9.97 Å². The van der Waals surface area contributed by atoms with Gasteiger partial charge in [-0.15, -0.1) is 22.9 Å². The normalized spacial score (nSPS) is 11.0. The van der Waals surface area contributed by atoms with Gasteiger partial charge in [0.15, 0.2) is 0 Å². The highest BCUT2D eigenvalue weighted by molar-refractivity contribution is 7.09. The SMILES string of the molecule is Cc1nc(CN(C)c2nc3ccccc3cc2CCl)cs1. The molecule has 5 heteroatoms. The second-order valence-electron chi connectivity index (χ2n) is 5.01. The molecule has 0 atom stereocenters. The Labute approximate surface area is 133 Å². The van der Waals surface area contributed by atoms with Crippen molar-refractivity contribution < 1.29 is 0 Å². The molecule has 0 amide bonds. The van der Waals surface area contributed by atoms with Gasteiger partial charge in [0.1, 0.15) is 5.82 Å². The molecule has 0 saturated carbocycles. The van der Waals surface area contributed by atoms with E-state index in [-0.39, 0.29) is 0 Å². The molecule has 2 heterocycles. The number of rotatable bonds is 4. The van der Waals surface area contributed by atoms with Crippen LogP contribution in [0.15, 0.2) is 35.7 Å². The van der Waals surface area contributed by atoms with Gasteiger partial charge in [0.2, 0.25) is 0 Å². The molecule has 0 saturated heterocycles. The Bertz CT molecular complexity index is 769. The van der Waals surface area contributed by atoms with Crippen LogP contribution in [0.25, 0.3) is 10.9 Å². The van der Waals surface area contributed by atoms with Gasteiger partial charge < -0.3 is 4.90 Å². The minimum absolute atomic E-state index is 0.452. The summed E-state index contributed by atoms with van der Waals surface area (Å²) in [4.78, 5) is 11.4. The van der Waals surface area contributed by atoms with Gasteiger partial charge in [0.25, 0.3) is 0 Å². The van der Waals surface area contributed by atoms with Crippen LogP contribution in [0, 0.1) is 6.92 Å². The predicted molar refractivity (Wildman–Crippen MR) is 90.3 cm³/mol. The third-order valence-corrected chi connectivity index (χ3v) is 4.46. The van der Waals surface area contributed by atoms with E-state index in [0.717, 1.165) is 39.5 Å². The Kier molecular flexibility index (Phi) is 4.08. The topological polar surface area (TPSA) is 29.0 Å². The number of para-hydroxylation sites is 1. The highest BCUT2D eigenvalue weighted by Gasteiger charge is 2.12. The molecule has 3 aromatic rings. The molecule has 0 spiro atoms. The number of hydrogen-bond donors (Lipinski definition) is 0. The highest BCUT2D eigenvalue weighted by Crippen LogP contribution is 2.25. The molecule has 3 rings (SSSR count). The molecule has 0 radical (unpaired) electrons. The maximum Gasteiger partial charge on any atom is 0.133 e. The van der Waals surface area contributed by atoms with Crippen molar-refractivity contribution in [3.8, 4) is 0 Å². The minimum atomic E-state index is 0.452. The van der Waals surface area contributed by atoms with Crippen LogP contribution in [0.4, 0.5) is 5.82 Å². The standard InChI is InChI=1S/C16H16ClN3S/c1-11-18-14(10-21-11)9-20(2)16-13(8-17)7-12-5-3-4-6-15(12)19-16/h3-7,10H,8-9H2,1-2H3. The predicted octanol–water partition coefficient (Wildman–Crippen LogP) is 4.37. The van der Waals surface area contributed by atoms with E-state index in [4.69, 9.17) is 16.6 Å². The van der Waals surface area contributed by atoms with Crippen molar-refractivity contribution in [2.45, 2.75) is 19.3 Å². The fourth-order valence-corrected chi connectivity index (χ4v) is 3.18. The average molecular weight is 318 g/mol. The molecular weight excluding hydrogens is 302 g/mol. The molecule has 3 nitrogen and oxygen atoms in total. The number of nitrogens with zero attached hydrogens (tertiary/aromatic N) is 3. The Morgan fingerprint density at radius 1 is 1.24 bits per heavy atom. The van der Waals surface area contributed by atoms with Crippen LogP contribution in [0.3, 0.4) is 0 Å². The molecular formula is C16H16ClN3S. The first-order valence-electron chi connectivity index (χ1n) is 6.74. The van der Waals surface area contributed by atoms with Crippen LogP contribution < -0.4 is 4.90 Å². The van der Waals surface area contributed by atoms with Crippen molar-refractivity contribution in [1.29, 1.82) is 0 Å². The average Bonchev–Trinajstić information content (AvgIpc) is 2.90.